The minimum absolute atomic E-state index is 0.0776. The lowest BCUT2D eigenvalue weighted by molar-refractivity contribution is -0.108. The molecule has 0 saturated carbocycles. The van der Waals surface area contributed by atoms with Gasteiger partial charge in [-0.2, -0.15) is 0 Å². The fraction of sp³-hybridized carbons (Fsp3) is 0.348. The Kier molecular flexibility index (Phi) is 7.58. The molecular formula is C23H28O7. The molecule has 7 heteroatoms. The molecule has 0 unspecified atom stereocenters. The van der Waals surface area contributed by atoms with Gasteiger partial charge in [0.25, 0.3) is 0 Å². The molecule has 0 saturated heterocycles. The second-order valence-electron chi connectivity index (χ2n) is 6.36. The smallest absolute Gasteiger partial charge is 0.164 e. The van der Waals surface area contributed by atoms with Crippen molar-refractivity contribution in [2.24, 2.45) is 0 Å². The highest BCUT2D eigenvalue weighted by Crippen LogP contribution is 2.50. The van der Waals surface area contributed by atoms with E-state index in [4.69, 9.17) is 28.4 Å². The van der Waals surface area contributed by atoms with Crippen LogP contribution in [-0.4, -0.2) is 48.9 Å². The molecule has 0 heterocycles. The number of ether oxygens (including phenoxy) is 6. The number of benzene rings is 2. The van der Waals surface area contributed by atoms with Gasteiger partial charge in [0.1, 0.15) is 17.8 Å². The normalized spacial score (nSPS) is 10.7. The van der Waals surface area contributed by atoms with E-state index in [9.17, 15) is 4.79 Å². The SMILES string of the molecule is C=CC(CC=O)(c1cc(OC)c(OC)cc1OC)c1cc(OC)c(OC)cc1OC. The minimum Gasteiger partial charge on any atom is -0.496 e. The van der Waals surface area contributed by atoms with Gasteiger partial charge < -0.3 is 33.2 Å². The van der Waals surface area contributed by atoms with Crippen LogP contribution in [0.25, 0.3) is 0 Å². The van der Waals surface area contributed by atoms with E-state index in [-0.39, 0.29) is 6.42 Å². The van der Waals surface area contributed by atoms with Gasteiger partial charge in [-0.25, -0.2) is 0 Å². The van der Waals surface area contributed by atoms with Crippen molar-refractivity contribution in [2.75, 3.05) is 42.7 Å². The van der Waals surface area contributed by atoms with Crippen molar-refractivity contribution in [3.05, 3.63) is 48.0 Å². The van der Waals surface area contributed by atoms with Crippen molar-refractivity contribution in [3.63, 3.8) is 0 Å². The molecule has 2 rings (SSSR count). The molecule has 0 bridgehead atoms. The van der Waals surface area contributed by atoms with E-state index in [2.05, 4.69) is 6.58 Å². The number of methoxy groups -OCH3 is 6. The van der Waals surface area contributed by atoms with Crippen LogP contribution in [0.1, 0.15) is 17.5 Å². The number of allylic oxidation sites excluding steroid dienone is 1. The molecule has 0 N–H and O–H groups in total. The third-order valence-electron chi connectivity index (χ3n) is 5.13. The number of aldehydes is 1. The Morgan fingerprint density at radius 1 is 0.667 bits per heavy atom. The highest BCUT2D eigenvalue weighted by Gasteiger charge is 2.38. The fourth-order valence-corrected chi connectivity index (χ4v) is 3.56. The highest BCUT2D eigenvalue weighted by atomic mass is 16.5. The summed E-state index contributed by atoms with van der Waals surface area (Å²) in [6.07, 6.45) is 2.59. The summed E-state index contributed by atoms with van der Waals surface area (Å²) in [7, 11) is 9.26. The summed E-state index contributed by atoms with van der Waals surface area (Å²) in [6.45, 7) is 4.04. The lowest BCUT2D eigenvalue weighted by atomic mass is 9.71. The largest absolute Gasteiger partial charge is 0.496 e. The minimum atomic E-state index is -1.00. The first-order chi connectivity index (χ1) is 14.5. The lowest BCUT2D eigenvalue weighted by Crippen LogP contribution is -2.27. The predicted molar refractivity (Wildman–Crippen MR) is 114 cm³/mol. The molecule has 0 fully saturated rings. The molecule has 0 aliphatic carbocycles. The van der Waals surface area contributed by atoms with Crippen LogP contribution in [0, 0.1) is 0 Å². The molecule has 0 spiro atoms. The fourth-order valence-electron chi connectivity index (χ4n) is 3.56. The topological polar surface area (TPSA) is 72.5 Å². The summed E-state index contributed by atoms with van der Waals surface area (Å²) >= 11 is 0. The maximum atomic E-state index is 11.8. The molecule has 0 amide bonds. The van der Waals surface area contributed by atoms with Crippen LogP contribution in [0.15, 0.2) is 36.9 Å². The van der Waals surface area contributed by atoms with E-state index in [1.807, 2.05) is 0 Å². The Labute approximate surface area is 177 Å². The quantitative estimate of drug-likeness (QED) is 0.407. The summed E-state index contributed by atoms with van der Waals surface area (Å²) < 4.78 is 33.1. The maximum Gasteiger partial charge on any atom is 0.164 e. The first-order valence-corrected chi connectivity index (χ1v) is 9.18. The van der Waals surface area contributed by atoms with E-state index in [1.165, 1.54) is 0 Å². The van der Waals surface area contributed by atoms with Crippen LogP contribution in [0.4, 0.5) is 0 Å². The summed E-state index contributed by atoms with van der Waals surface area (Å²) in [5, 5.41) is 0. The van der Waals surface area contributed by atoms with Crippen molar-refractivity contribution < 1.29 is 33.2 Å². The highest BCUT2D eigenvalue weighted by molar-refractivity contribution is 5.68. The zero-order valence-corrected chi connectivity index (χ0v) is 18.2. The summed E-state index contributed by atoms with van der Waals surface area (Å²) in [5.41, 5.74) is 0.322. The first-order valence-electron chi connectivity index (χ1n) is 9.18. The predicted octanol–water partition coefficient (Wildman–Crippen LogP) is 3.80. The van der Waals surface area contributed by atoms with Gasteiger partial charge in [-0.05, 0) is 12.1 Å². The Hall–Kier alpha value is -3.35. The molecule has 30 heavy (non-hydrogen) atoms. The molecule has 0 aliphatic rings. The third kappa shape index (κ3) is 3.87. The van der Waals surface area contributed by atoms with E-state index in [0.717, 1.165) is 6.29 Å². The molecule has 2 aromatic carbocycles. The van der Waals surface area contributed by atoms with Crippen molar-refractivity contribution in [3.8, 4) is 34.5 Å². The van der Waals surface area contributed by atoms with E-state index in [1.54, 1.807) is 73.0 Å². The zero-order valence-electron chi connectivity index (χ0n) is 18.2. The molecule has 162 valence electrons. The zero-order chi connectivity index (χ0) is 22.3. The Morgan fingerprint density at radius 3 is 1.27 bits per heavy atom. The second kappa shape index (κ2) is 9.91. The van der Waals surface area contributed by atoms with Crippen molar-refractivity contribution in [1.82, 2.24) is 0 Å². The monoisotopic (exact) mass is 416 g/mol. The van der Waals surface area contributed by atoms with E-state index < -0.39 is 5.41 Å². The maximum absolute atomic E-state index is 11.8. The van der Waals surface area contributed by atoms with Gasteiger partial charge in [-0.1, -0.05) is 6.08 Å². The second-order valence-corrected chi connectivity index (χ2v) is 6.36. The van der Waals surface area contributed by atoms with Crippen LogP contribution in [0.2, 0.25) is 0 Å². The Bertz CT molecular complexity index is 841. The van der Waals surface area contributed by atoms with E-state index in [0.29, 0.717) is 45.6 Å². The molecule has 0 radical (unpaired) electrons. The van der Waals surface area contributed by atoms with Crippen LogP contribution in [0.3, 0.4) is 0 Å². The van der Waals surface area contributed by atoms with Crippen LogP contribution in [0.5, 0.6) is 34.5 Å². The van der Waals surface area contributed by atoms with Gasteiger partial charge in [0, 0.05) is 29.7 Å². The number of hydrogen-bond acceptors (Lipinski definition) is 7. The van der Waals surface area contributed by atoms with Crippen molar-refractivity contribution >= 4 is 6.29 Å². The number of rotatable bonds is 11. The molecule has 0 aromatic heterocycles. The van der Waals surface area contributed by atoms with E-state index >= 15 is 0 Å². The van der Waals surface area contributed by atoms with Crippen LogP contribution >= 0.6 is 0 Å². The van der Waals surface area contributed by atoms with Crippen molar-refractivity contribution in [1.29, 1.82) is 0 Å². The van der Waals surface area contributed by atoms with Gasteiger partial charge in [-0.3, -0.25) is 0 Å². The molecule has 7 nitrogen and oxygen atoms in total. The Balaban J connectivity index is 2.96. The number of carbonyl (C=O) groups is 1. The molecule has 0 aliphatic heterocycles. The van der Waals surface area contributed by atoms with Gasteiger partial charge in [0.2, 0.25) is 0 Å². The third-order valence-corrected chi connectivity index (χ3v) is 5.13. The van der Waals surface area contributed by atoms with Gasteiger partial charge in [0.05, 0.1) is 48.1 Å². The average molecular weight is 416 g/mol. The average Bonchev–Trinajstić information content (AvgIpc) is 2.80. The van der Waals surface area contributed by atoms with Gasteiger partial charge in [-0.15, -0.1) is 6.58 Å². The lowest BCUT2D eigenvalue weighted by Gasteiger charge is -2.33. The molecular weight excluding hydrogens is 388 g/mol. The number of hydrogen-bond donors (Lipinski definition) is 0. The molecule has 0 atom stereocenters. The number of carbonyl (C=O) groups excluding carboxylic acids is 1. The summed E-state index contributed by atoms with van der Waals surface area (Å²) in [4.78, 5) is 11.8. The first kappa shape index (κ1) is 22.9. The standard InChI is InChI=1S/C23H28O7/c1-8-23(9-10-24,15-11-19(27-4)21(29-6)13-17(15)25-2)16-12-20(28-5)22(30-7)14-18(16)26-3/h8,10-14H,1,9H2,2-7H3. The van der Waals surface area contributed by atoms with Gasteiger partial charge in [0.15, 0.2) is 23.0 Å². The molecule has 2 aromatic rings. The summed E-state index contributed by atoms with van der Waals surface area (Å²) in [6, 6.07) is 6.98. The Morgan fingerprint density at radius 2 is 1.00 bits per heavy atom. The van der Waals surface area contributed by atoms with Crippen LogP contribution < -0.4 is 28.4 Å². The van der Waals surface area contributed by atoms with Crippen LogP contribution in [-0.2, 0) is 10.2 Å². The summed E-state index contributed by atoms with van der Waals surface area (Å²) in [5.74, 6) is 3.00. The van der Waals surface area contributed by atoms with Gasteiger partial charge >= 0.3 is 0 Å². The van der Waals surface area contributed by atoms with Crippen molar-refractivity contribution in [2.45, 2.75) is 11.8 Å².